The molecule has 29 heavy (non-hydrogen) atoms. The first kappa shape index (κ1) is 23.7. The highest BCUT2D eigenvalue weighted by Gasteiger charge is 2.31. The number of guanidine groups is 1. The maximum absolute atomic E-state index is 12.6. The fourth-order valence-electron chi connectivity index (χ4n) is 2.59. The van der Waals surface area contributed by atoms with Crippen LogP contribution >= 0.6 is 46.9 Å². The minimum absolute atomic E-state index is 0. The van der Waals surface area contributed by atoms with Crippen molar-refractivity contribution in [2.45, 2.75) is 6.18 Å². The SMILES string of the molecule is I.NC(=NCCOc1ncc(C(F)(F)F)cc1Cl)N1CCN(c2nccs2)CC1. The van der Waals surface area contributed by atoms with Gasteiger partial charge in [0.15, 0.2) is 11.1 Å². The van der Waals surface area contributed by atoms with E-state index in [-0.39, 0.29) is 48.0 Å². The van der Waals surface area contributed by atoms with Crippen LogP contribution in [0.1, 0.15) is 5.56 Å². The van der Waals surface area contributed by atoms with Crippen LogP contribution in [0.4, 0.5) is 18.3 Å². The van der Waals surface area contributed by atoms with Gasteiger partial charge in [0.25, 0.3) is 0 Å². The summed E-state index contributed by atoms with van der Waals surface area (Å²) in [6.45, 7) is 3.37. The van der Waals surface area contributed by atoms with Gasteiger partial charge in [0.1, 0.15) is 11.6 Å². The number of piperazine rings is 1. The summed E-state index contributed by atoms with van der Waals surface area (Å²) in [6, 6.07) is 0.781. The summed E-state index contributed by atoms with van der Waals surface area (Å²) in [5, 5.41) is 2.73. The highest BCUT2D eigenvalue weighted by atomic mass is 127. The Morgan fingerprint density at radius 2 is 2.00 bits per heavy atom. The Labute approximate surface area is 191 Å². The second kappa shape index (κ2) is 10.5. The van der Waals surface area contributed by atoms with Crippen LogP contribution < -0.4 is 15.4 Å². The van der Waals surface area contributed by atoms with E-state index in [1.165, 1.54) is 0 Å². The van der Waals surface area contributed by atoms with Crippen LogP contribution in [0, 0.1) is 0 Å². The Morgan fingerprint density at radius 3 is 2.59 bits per heavy atom. The number of alkyl halides is 3. The molecule has 7 nitrogen and oxygen atoms in total. The lowest BCUT2D eigenvalue weighted by Gasteiger charge is -2.35. The minimum Gasteiger partial charge on any atom is -0.475 e. The van der Waals surface area contributed by atoms with E-state index in [2.05, 4.69) is 19.9 Å². The lowest BCUT2D eigenvalue weighted by molar-refractivity contribution is -0.137. The molecule has 3 rings (SSSR count). The van der Waals surface area contributed by atoms with Crippen molar-refractivity contribution in [1.82, 2.24) is 14.9 Å². The lowest BCUT2D eigenvalue weighted by atomic mass is 10.3. The first-order chi connectivity index (χ1) is 13.3. The van der Waals surface area contributed by atoms with E-state index < -0.39 is 11.7 Å². The average molecular weight is 563 g/mol. The third-order valence-electron chi connectivity index (χ3n) is 4.03. The minimum atomic E-state index is -4.50. The molecule has 2 N–H and O–H groups in total. The number of nitrogens with two attached hydrogens (primary N) is 1. The number of rotatable bonds is 5. The molecule has 1 aliphatic heterocycles. The van der Waals surface area contributed by atoms with Crippen molar-refractivity contribution in [2.75, 3.05) is 44.2 Å². The van der Waals surface area contributed by atoms with Crippen LogP contribution in [0.15, 0.2) is 28.8 Å². The molecule has 2 aromatic heterocycles. The van der Waals surface area contributed by atoms with E-state index in [0.29, 0.717) is 12.2 Å². The molecule has 0 spiro atoms. The molecule has 0 radical (unpaired) electrons. The Balaban J connectivity index is 0.00000300. The highest BCUT2D eigenvalue weighted by Crippen LogP contribution is 2.33. The average Bonchev–Trinajstić information content (AvgIpc) is 3.20. The highest BCUT2D eigenvalue weighted by molar-refractivity contribution is 14.0. The van der Waals surface area contributed by atoms with E-state index in [9.17, 15) is 13.2 Å². The van der Waals surface area contributed by atoms with Gasteiger partial charge in [0.2, 0.25) is 5.88 Å². The smallest absolute Gasteiger partial charge is 0.417 e. The molecule has 0 aliphatic carbocycles. The number of anilines is 1. The fraction of sp³-hybridized carbons (Fsp3) is 0.438. The summed E-state index contributed by atoms with van der Waals surface area (Å²) in [4.78, 5) is 16.3. The van der Waals surface area contributed by atoms with E-state index in [1.54, 1.807) is 17.5 Å². The number of ether oxygens (including phenoxy) is 1. The molecule has 13 heteroatoms. The summed E-state index contributed by atoms with van der Waals surface area (Å²) < 4.78 is 43.1. The molecule has 0 unspecified atom stereocenters. The van der Waals surface area contributed by atoms with Crippen LogP contribution in [0.3, 0.4) is 0 Å². The number of halogens is 5. The van der Waals surface area contributed by atoms with Gasteiger partial charge >= 0.3 is 6.18 Å². The number of aromatic nitrogens is 2. The third kappa shape index (κ3) is 6.47. The fourth-order valence-corrected chi connectivity index (χ4v) is 3.51. The van der Waals surface area contributed by atoms with Gasteiger partial charge in [-0.15, -0.1) is 35.3 Å². The molecule has 0 aromatic carbocycles. The van der Waals surface area contributed by atoms with Crippen LogP contribution in [-0.2, 0) is 6.18 Å². The standard InChI is InChI=1S/C16H18ClF3N6OS.HI/c17-12-9-11(16(18,19)20)10-24-13(12)27-7-1-22-14(21)25-3-5-26(6-4-25)15-23-2-8-28-15;/h2,8-10H,1,3-7H2,(H2,21,22);1H. The number of thiazole rings is 1. The maximum atomic E-state index is 12.6. The molecular weight excluding hydrogens is 544 g/mol. The van der Waals surface area contributed by atoms with Crippen LogP contribution in [-0.4, -0.2) is 60.2 Å². The second-order valence-corrected chi connectivity index (χ2v) is 7.17. The zero-order valence-electron chi connectivity index (χ0n) is 15.1. The van der Waals surface area contributed by atoms with Crippen molar-refractivity contribution in [3.63, 3.8) is 0 Å². The van der Waals surface area contributed by atoms with E-state index in [0.717, 1.165) is 37.4 Å². The van der Waals surface area contributed by atoms with Crippen molar-refractivity contribution in [1.29, 1.82) is 0 Å². The van der Waals surface area contributed by atoms with Crippen molar-refractivity contribution < 1.29 is 17.9 Å². The molecule has 160 valence electrons. The maximum Gasteiger partial charge on any atom is 0.417 e. The van der Waals surface area contributed by atoms with Crippen molar-refractivity contribution in [3.8, 4) is 5.88 Å². The predicted molar refractivity (Wildman–Crippen MR) is 118 cm³/mol. The molecule has 3 heterocycles. The zero-order valence-corrected chi connectivity index (χ0v) is 19.0. The Hall–Kier alpha value is -1.54. The first-order valence-electron chi connectivity index (χ1n) is 8.39. The monoisotopic (exact) mass is 562 g/mol. The van der Waals surface area contributed by atoms with Gasteiger partial charge < -0.3 is 20.3 Å². The quantitative estimate of drug-likeness (QED) is 0.261. The number of pyridine rings is 1. The molecule has 0 atom stereocenters. The number of nitrogens with zero attached hydrogens (tertiary/aromatic N) is 5. The second-order valence-electron chi connectivity index (χ2n) is 5.89. The lowest BCUT2D eigenvalue weighted by Crippen LogP contribution is -2.51. The van der Waals surface area contributed by atoms with Gasteiger partial charge in [-0.2, -0.15) is 13.2 Å². The van der Waals surface area contributed by atoms with Crippen molar-refractivity contribution in [3.05, 3.63) is 34.4 Å². The Morgan fingerprint density at radius 1 is 1.28 bits per heavy atom. The van der Waals surface area contributed by atoms with Gasteiger partial charge in [-0.1, -0.05) is 11.6 Å². The van der Waals surface area contributed by atoms with Crippen LogP contribution in [0.5, 0.6) is 5.88 Å². The largest absolute Gasteiger partial charge is 0.475 e. The molecule has 1 aliphatic rings. The number of hydrogen-bond donors (Lipinski definition) is 1. The van der Waals surface area contributed by atoms with Crippen molar-refractivity contribution >= 4 is 58.0 Å². The van der Waals surface area contributed by atoms with Crippen LogP contribution in [0.25, 0.3) is 0 Å². The van der Waals surface area contributed by atoms with Gasteiger partial charge in [0.05, 0.1) is 12.1 Å². The Bertz CT molecular complexity index is 815. The molecule has 1 saturated heterocycles. The molecule has 1 fully saturated rings. The van der Waals surface area contributed by atoms with Crippen LogP contribution in [0.2, 0.25) is 5.02 Å². The van der Waals surface area contributed by atoms with Gasteiger partial charge in [-0.05, 0) is 6.07 Å². The molecular formula is C16H19ClF3IN6OS. The third-order valence-corrected chi connectivity index (χ3v) is 5.14. The summed E-state index contributed by atoms with van der Waals surface area (Å²) in [6.07, 6.45) is -2.04. The Kier molecular flexibility index (Phi) is 8.58. The molecule has 0 bridgehead atoms. The van der Waals surface area contributed by atoms with Crippen molar-refractivity contribution in [2.24, 2.45) is 10.7 Å². The zero-order chi connectivity index (χ0) is 20.1. The summed E-state index contributed by atoms with van der Waals surface area (Å²) in [7, 11) is 0. The van der Waals surface area contributed by atoms with Gasteiger partial charge in [-0.3, -0.25) is 0 Å². The molecule has 0 amide bonds. The predicted octanol–water partition coefficient (Wildman–Crippen LogP) is 3.34. The van der Waals surface area contributed by atoms with E-state index in [4.69, 9.17) is 22.1 Å². The van der Waals surface area contributed by atoms with Gasteiger partial charge in [-0.25, -0.2) is 15.0 Å². The molecule has 0 saturated carbocycles. The normalized spacial score (nSPS) is 15.2. The topological polar surface area (TPSA) is 79.9 Å². The van der Waals surface area contributed by atoms with E-state index >= 15 is 0 Å². The van der Waals surface area contributed by atoms with E-state index in [1.807, 2.05) is 10.3 Å². The number of aliphatic imine (C=N–C) groups is 1. The summed E-state index contributed by atoms with van der Waals surface area (Å²) in [5.74, 6) is 0.328. The summed E-state index contributed by atoms with van der Waals surface area (Å²) in [5.41, 5.74) is 5.08. The van der Waals surface area contributed by atoms with Gasteiger partial charge in [0, 0.05) is 44.0 Å². The number of hydrogen-bond acceptors (Lipinski definition) is 6. The first-order valence-corrected chi connectivity index (χ1v) is 9.65. The molecule has 2 aromatic rings. The summed E-state index contributed by atoms with van der Waals surface area (Å²) >= 11 is 7.39.